The van der Waals surface area contributed by atoms with Crippen molar-refractivity contribution < 1.29 is 0 Å². The van der Waals surface area contributed by atoms with Crippen LogP contribution in [0, 0.1) is 5.92 Å². The zero-order valence-electron chi connectivity index (χ0n) is 13.2. The summed E-state index contributed by atoms with van der Waals surface area (Å²) >= 11 is 3.67. The highest BCUT2D eigenvalue weighted by molar-refractivity contribution is 9.10. The van der Waals surface area contributed by atoms with Gasteiger partial charge in [-0.25, -0.2) is 0 Å². The average Bonchev–Trinajstić information content (AvgIpc) is 2.94. The van der Waals surface area contributed by atoms with E-state index in [9.17, 15) is 0 Å². The van der Waals surface area contributed by atoms with Crippen molar-refractivity contribution in [2.45, 2.75) is 64.6 Å². The van der Waals surface area contributed by atoms with Crippen LogP contribution < -0.4 is 10.2 Å². The van der Waals surface area contributed by atoms with Gasteiger partial charge in [-0.1, -0.05) is 42.3 Å². The van der Waals surface area contributed by atoms with Crippen LogP contribution in [0.4, 0.5) is 5.69 Å². The van der Waals surface area contributed by atoms with E-state index in [4.69, 9.17) is 0 Å². The lowest BCUT2D eigenvalue weighted by Gasteiger charge is -2.40. The molecule has 21 heavy (non-hydrogen) atoms. The highest BCUT2D eigenvalue weighted by Crippen LogP contribution is 2.40. The fourth-order valence-corrected chi connectivity index (χ4v) is 4.37. The lowest BCUT2D eigenvalue weighted by Crippen LogP contribution is -2.43. The smallest absolute Gasteiger partial charge is 0.0425 e. The van der Waals surface area contributed by atoms with Gasteiger partial charge >= 0.3 is 0 Å². The first-order valence-electron chi connectivity index (χ1n) is 8.43. The van der Waals surface area contributed by atoms with Gasteiger partial charge in [-0.2, -0.15) is 0 Å². The summed E-state index contributed by atoms with van der Waals surface area (Å²) in [5.41, 5.74) is 2.90. The summed E-state index contributed by atoms with van der Waals surface area (Å²) in [6.07, 6.45) is 7.03. The average molecular weight is 351 g/mol. The van der Waals surface area contributed by atoms with Crippen molar-refractivity contribution in [2.24, 2.45) is 5.92 Å². The van der Waals surface area contributed by atoms with E-state index in [1.165, 1.54) is 54.4 Å². The van der Waals surface area contributed by atoms with Crippen molar-refractivity contribution in [3.63, 3.8) is 0 Å². The number of piperidine rings is 1. The van der Waals surface area contributed by atoms with Crippen molar-refractivity contribution in [1.82, 2.24) is 5.32 Å². The molecule has 0 radical (unpaired) electrons. The molecule has 116 valence electrons. The van der Waals surface area contributed by atoms with Crippen molar-refractivity contribution in [2.75, 3.05) is 11.4 Å². The molecular formula is C18H27BrN2. The van der Waals surface area contributed by atoms with Gasteiger partial charge in [0.15, 0.2) is 0 Å². The number of halogens is 1. The van der Waals surface area contributed by atoms with Crippen molar-refractivity contribution in [1.29, 1.82) is 0 Å². The van der Waals surface area contributed by atoms with Gasteiger partial charge in [0, 0.05) is 35.3 Å². The number of hydrogen-bond donors (Lipinski definition) is 1. The summed E-state index contributed by atoms with van der Waals surface area (Å²) in [5, 5.41) is 3.58. The Kier molecular flexibility index (Phi) is 4.90. The van der Waals surface area contributed by atoms with Crippen molar-refractivity contribution >= 4 is 21.6 Å². The number of nitrogens with one attached hydrogen (secondary N) is 1. The maximum Gasteiger partial charge on any atom is 0.0425 e. The minimum Gasteiger partial charge on any atom is -0.368 e. The topological polar surface area (TPSA) is 15.3 Å². The van der Waals surface area contributed by atoms with Gasteiger partial charge in [-0.3, -0.25) is 0 Å². The molecule has 1 heterocycles. The van der Waals surface area contributed by atoms with Gasteiger partial charge in [0.05, 0.1) is 0 Å². The van der Waals surface area contributed by atoms with Crippen molar-refractivity contribution in [3.8, 4) is 0 Å². The van der Waals surface area contributed by atoms with Gasteiger partial charge in [0.25, 0.3) is 0 Å². The van der Waals surface area contributed by atoms with Crippen LogP contribution in [-0.2, 0) is 6.54 Å². The Bertz CT molecular complexity index is 486. The van der Waals surface area contributed by atoms with Crippen LogP contribution in [0.25, 0.3) is 0 Å². The molecule has 0 bridgehead atoms. The summed E-state index contributed by atoms with van der Waals surface area (Å²) < 4.78 is 1.20. The SMILES string of the molecule is CC(C)NCc1ccc(Br)cc1N1CCCC2CCCC21. The summed E-state index contributed by atoms with van der Waals surface area (Å²) in [5.74, 6) is 0.934. The Labute approximate surface area is 137 Å². The van der Waals surface area contributed by atoms with Gasteiger partial charge < -0.3 is 10.2 Å². The Balaban J connectivity index is 1.86. The predicted molar refractivity (Wildman–Crippen MR) is 93.8 cm³/mol. The maximum atomic E-state index is 3.67. The van der Waals surface area contributed by atoms with Crippen molar-refractivity contribution in [3.05, 3.63) is 28.2 Å². The minimum absolute atomic E-state index is 0.530. The normalized spacial score (nSPS) is 25.4. The first-order chi connectivity index (χ1) is 10.1. The zero-order valence-corrected chi connectivity index (χ0v) is 14.8. The molecule has 3 heteroatoms. The molecule has 2 unspecified atom stereocenters. The van der Waals surface area contributed by atoms with Crippen LogP contribution in [0.1, 0.15) is 51.5 Å². The maximum absolute atomic E-state index is 3.67. The Morgan fingerprint density at radius 2 is 2.05 bits per heavy atom. The Hall–Kier alpha value is -0.540. The van der Waals surface area contributed by atoms with Crippen LogP contribution in [0.5, 0.6) is 0 Å². The molecule has 1 aliphatic carbocycles. The summed E-state index contributed by atoms with van der Waals surface area (Å²) in [7, 11) is 0. The van der Waals surface area contributed by atoms with E-state index in [0.717, 1.165) is 18.5 Å². The second-order valence-electron chi connectivity index (χ2n) is 6.90. The third-order valence-corrected chi connectivity index (χ3v) is 5.54. The van der Waals surface area contributed by atoms with Gasteiger partial charge in [-0.05, 0) is 49.3 Å². The van der Waals surface area contributed by atoms with Crippen LogP contribution >= 0.6 is 15.9 Å². The zero-order chi connectivity index (χ0) is 14.8. The number of anilines is 1. The van der Waals surface area contributed by atoms with Crippen LogP contribution in [0.15, 0.2) is 22.7 Å². The first kappa shape index (κ1) is 15.4. The number of rotatable bonds is 4. The lowest BCUT2D eigenvalue weighted by molar-refractivity contribution is 0.361. The third kappa shape index (κ3) is 3.45. The number of fused-ring (bicyclic) bond motifs is 1. The Morgan fingerprint density at radius 1 is 1.24 bits per heavy atom. The fourth-order valence-electron chi connectivity index (χ4n) is 4.02. The van der Waals surface area contributed by atoms with Crippen LogP contribution in [0.3, 0.4) is 0 Å². The summed E-state index contributed by atoms with van der Waals surface area (Å²) in [6.45, 7) is 6.62. The molecule has 1 aromatic carbocycles. The summed E-state index contributed by atoms with van der Waals surface area (Å²) in [4.78, 5) is 2.71. The van der Waals surface area contributed by atoms with Crippen LogP contribution in [-0.4, -0.2) is 18.6 Å². The second kappa shape index (κ2) is 6.70. The van der Waals surface area contributed by atoms with Crippen LogP contribution in [0.2, 0.25) is 0 Å². The van der Waals surface area contributed by atoms with E-state index < -0.39 is 0 Å². The molecule has 1 aromatic rings. The van der Waals surface area contributed by atoms with Gasteiger partial charge in [0.2, 0.25) is 0 Å². The largest absolute Gasteiger partial charge is 0.368 e. The monoisotopic (exact) mass is 350 g/mol. The van der Waals surface area contributed by atoms with E-state index in [-0.39, 0.29) is 0 Å². The molecule has 0 spiro atoms. The molecule has 1 aliphatic heterocycles. The molecular weight excluding hydrogens is 324 g/mol. The molecule has 2 nitrogen and oxygen atoms in total. The molecule has 1 saturated heterocycles. The highest BCUT2D eigenvalue weighted by Gasteiger charge is 2.35. The first-order valence-corrected chi connectivity index (χ1v) is 9.23. The van der Waals surface area contributed by atoms with E-state index in [0.29, 0.717) is 6.04 Å². The quantitative estimate of drug-likeness (QED) is 0.845. The molecule has 2 fully saturated rings. The molecule has 0 aromatic heterocycles. The second-order valence-corrected chi connectivity index (χ2v) is 7.82. The molecule has 3 rings (SSSR count). The summed E-state index contributed by atoms with van der Waals surface area (Å²) in [6, 6.07) is 8.11. The van der Waals surface area contributed by atoms with Gasteiger partial charge in [0.1, 0.15) is 0 Å². The predicted octanol–water partition coefficient (Wildman–Crippen LogP) is 4.72. The highest BCUT2D eigenvalue weighted by atomic mass is 79.9. The van der Waals surface area contributed by atoms with Gasteiger partial charge in [-0.15, -0.1) is 0 Å². The molecule has 2 aliphatic rings. The molecule has 2 atom stereocenters. The van der Waals surface area contributed by atoms with E-state index in [1.807, 2.05) is 0 Å². The van der Waals surface area contributed by atoms with E-state index in [1.54, 1.807) is 0 Å². The minimum atomic E-state index is 0.530. The number of hydrogen-bond acceptors (Lipinski definition) is 2. The fraction of sp³-hybridized carbons (Fsp3) is 0.667. The third-order valence-electron chi connectivity index (χ3n) is 5.05. The Morgan fingerprint density at radius 3 is 2.86 bits per heavy atom. The van der Waals surface area contributed by atoms with E-state index >= 15 is 0 Å². The standard InChI is InChI=1S/C18H27BrN2/c1-13(2)20-12-15-8-9-16(19)11-18(15)21-10-4-6-14-5-3-7-17(14)21/h8-9,11,13-14,17,20H,3-7,10,12H2,1-2H3. The number of benzene rings is 1. The molecule has 1 saturated carbocycles. The molecule has 0 amide bonds. The lowest BCUT2D eigenvalue weighted by atomic mass is 9.91. The van der Waals surface area contributed by atoms with E-state index in [2.05, 4.69) is 58.2 Å². The molecule has 1 N–H and O–H groups in total. The number of nitrogens with zero attached hydrogens (tertiary/aromatic N) is 1.